The van der Waals surface area contributed by atoms with Crippen molar-refractivity contribution in [3.8, 4) is 5.75 Å². The molecule has 0 aromatic heterocycles. The molecule has 0 spiro atoms. The Morgan fingerprint density at radius 2 is 1.83 bits per heavy atom. The predicted molar refractivity (Wildman–Crippen MR) is 95.4 cm³/mol. The van der Waals surface area contributed by atoms with Crippen molar-refractivity contribution in [1.82, 2.24) is 0 Å². The van der Waals surface area contributed by atoms with Gasteiger partial charge in [-0.25, -0.2) is 0 Å². The number of rotatable bonds is 5. The van der Waals surface area contributed by atoms with Crippen LogP contribution in [0.2, 0.25) is 5.02 Å². The number of halogens is 1. The summed E-state index contributed by atoms with van der Waals surface area (Å²) in [5.41, 5.74) is 4.02. The summed E-state index contributed by atoms with van der Waals surface area (Å²) >= 11 is 5.94. The molecule has 0 fully saturated rings. The van der Waals surface area contributed by atoms with Crippen molar-refractivity contribution in [3.63, 3.8) is 0 Å². The maximum Gasteiger partial charge on any atom is 0.265 e. The van der Waals surface area contributed by atoms with Gasteiger partial charge in [0.2, 0.25) is 0 Å². The van der Waals surface area contributed by atoms with E-state index in [0.717, 1.165) is 16.8 Å². The van der Waals surface area contributed by atoms with Crippen molar-refractivity contribution in [3.05, 3.63) is 58.1 Å². The second kappa shape index (κ2) is 7.51. The SMILES string of the molecule is CC[C@@H](Oc1ccc(C)c(C)c1)C(=O)Nc1ccc(Cl)cc1C. The van der Waals surface area contributed by atoms with Crippen molar-refractivity contribution < 1.29 is 9.53 Å². The first-order chi connectivity index (χ1) is 10.9. The smallest absolute Gasteiger partial charge is 0.265 e. The number of benzene rings is 2. The molecule has 3 nitrogen and oxygen atoms in total. The number of amides is 1. The summed E-state index contributed by atoms with van der Waals surface area (Å²) < 4.78 is 5.86. The van der Waals surface area contributed by atoms with Crippen LogP contribution in [0.25, 0.3) is 0 Å². The molecule has 1 N–H and O–H groups in total. The predicted octanol–water partition coefficient (Wildman–Crippen LogP) is 5.06. The zero-order valence-electron chi connectivity index (χ0n) is 13.9. The minimum absolute atomic E-state index is 0.156. The van der Waals surface area contributed by atoms with Gasteiger partial charge in [-0.1, -0.05) is 24.6 Å². The van der Waals surface area contributed by atoms with Crippen LogP contribution in [0.5, 0.6) is 5.75 Å². The van der Waals surface area contributed by atoms with E-state index in [1.807, 2.05) is 52.0 Å². The van der Waals surface area contributed by atoms with Crippen LogP contribution in [0.1, 0.15) is 30.0 Å². The fourth-order valence-corrected chi connectivity index (χ4v) is 2.48. The third-order valence-corrected chi connectivity index (χ3v) is 4.10. The van der Waals surface area contributed by atoms with E-state index in [9.17, 15) is 4.79 Å². The van der Waals surface area contributed by atoms with E-state index in [1.54, 1.807) is 12.1 Å². The summed E-state index contributed by atoms with van der Waals surface area (Å²) in [6.45, 7) is 7.92. The van der Waals surface area contributed by atoms with Gasteiger partial charge in [-0.05, 0) is 74.2 Å². The Hall–Kier alpha value is -2.00. The third-order valence-electron chi connectivity index (χ3n) is 3.87. The first-order valence-electron chi connectivity index (χ1n) is 7.71. The van der Waals surface area contributed by atoms with Crippen LogP contribution >= 0.6 is 11.6 Å². The summed E-state index contributed by atoms with van der Waals surface area (Å²) in [6, 6.07) is 11.2. The normalized spacial score (nSPS) is 11.9. The molecule has 122 valence electrons. The van der Waals surface area contributed by atoms with E-state index in [4.69, 9.17) is 16.3 Å². The van der Waals surface area contributed by atoms with E-state index < -0.39 is 6.10 Å². The molecule has 2 rings (SSSR count). The largest absolute Gasteiger partial charge is 0.481 e. The highest BCUT2D eigenvalue weighted by atomic mass is 35.5. The highest BCUT2D eigenvalue weighted by molar-refractivity contribution is 6.30. The molecule has 23 heavy (non-hydrogen) atoms. The number of carbonyl (C=O) groups is 1. The first-order valence-corrected chi connectivity index (χ1v) is 8.09. The Morgan fingerprint density at radius 1 is 1.09 bits per heavy atom. The molecule has 1 atom stereocenters. The molecule has 2 aromatic carbocycles. The van der Waals surface area contributed by atoms with Gasteiger partial charge in [-0.15, -0.1) is 0 Å². The highest BCUT2D eigenvalue weighted by Crippen LogP contribution is 2.22. The highest BCUT2D eigenvalue weighted by Gasteiger charge is 2.19. The van der Waals surface area contributed by atoms with Crippen LogP contribution < -0.4 is 10.1 Å². The van der Waals surface area contributed by atoms with Gasteiger partial charge in [0.1, 0.15) is 5.75 Å². The Labute approximate surface area is 142 Å². The van der Waals surface area contributed by atoms with Crippen molar-refractivity contribution in [2.24, 2.45) is 0 Å². The standard InChI is InChI=1S/C19H22ClNO2/c1-5-18(23-16-8-6-12(2)13(3)11-16)19(22)21-17-9-7-15(20)10-14(17)4/h6-11,18H,5H2,1-4H3,(H,21,22)/t18-/m1/s1. The van der Waals surface area contributed by atoms with E-state index >= 15 is 0 Å². The van der Waals surface area contributed by atoms with E-state index in [2.05, 4.69) is 5.32 Å². The second-order valence-corrected chi connectivity index (χ2v) is 6.15. The molecule has 4 heteroatoms. The number of ether oxygens (including phenoxy) is 1. The number of hydrogen-bond donors (Lipinski definition) is 1. The Morgan fingerprint density at radius 3 is 2.43 bits per heavy atom. The topological polar surface area (TPSA) is 38.3 Å². The Bertz CT molecular complexity index is 713. The van der Waals surface area contributed by atoms with Gasteiger partial charge in [0, 0.05) is 10.7 Å². The van der Waals surface area contributed by atoms with Gasteiger partial charge < -0.3 is 10.1 Å². The zero-order valence-corrected chi connectivity index (χ0v) is 14.7. The lowest BCUT2D eigenvalue weighted by molar-refractivity contribution is -0.122. The fourth-order valence-electron chi connectivity index (χ4n) is 2.25. The van der Waals surface area contributed by atoms with E-state index in [-0.39, 0.29) is 5.91 Å². The molecule has 0 aliphatic carbocycles. The maximum absolute atomic E-state index is 12.5. The van der Waals surface area contributed by atoms with Gasteiger partial charge >= 0.3 is 0 Å². The van der Waals surface area contributed by atoms with Crippen LogP contribution in [0.3, 0.4) is 0 Å². The molecule has 0 saturated carbocycles. The Balaban J connectivity index is 2.10. The van der Waals surface area contributed by atoms with Gasteiger partial charge in [0.05, 0.1) is 0 Å². The van der Waals surface area contributed by atoms with Gasteiger partial charge in [-0.2, -0.15) is 0 Å². The summed E-state index contributed by atoms with van der Waals surface area (Å²) in [7, 11) is 0. The molecule has 0 aliphatic heterocycles. The summed E-state index contributed by atoms with van der Waals surface area (Å²) in [6.07, 6.45) is 0.0537. The molecular formula is C19H22ClNO2. The zero-order chi connectivity index (χ0) is 17.0. The molecule has 0 bridgehead atoms. The van der Waals surface area contributed by atoms with Crippen LogP contribution in [0.4, 0.5) is 5.69 Å². The average molecular weight is 332 g/mol. The average Bonchev–Trinajstić information content (AvgIpc) is 2.51. The minimum atomic E-state index is -0.535. The monoisotopic (exact) mass is 331 g/mol. The fraction of sp³-hybridized carbons (Fsp3) is 0.316. The number of nitrogens with one attached hydrogen (secondary N) is 1. The number of aryl methyl sites for hydroxylation is 3. The maximum atomic E-state index is 12.5. The molecule has 0 heterocycles. The first kappa shape index (κ1) is 17.4. The number of hydrogen-bond acceptors (Lipinski definition) is 2. The molecule has 0 aliphatic rings. The van der Waals surface area contributed by atoms with Crippen LogP contribution in [-0.4, -0.2) is 12.0 Å². The summed E-state index contributed by atoms with van der Waals surface area (Å²) in [5, 5.41) is 3.56. The van der Waals surface area contributed by atoms with Gasteiger partial charge in [0.25, 0.3) is 5.91 Å². The molecule has 0 saturated heterocycles. The summed E-state index contributed by atoms with van der Waals surface area (Å²) in [4.78, 5) is 12.5. The molecule has 1 amide bonds. The quantitative estimate of drug-likeness (QED) is 0.831. The minimum Gasteiger partial charge on any atom is -0.481 e. The van der Waals surface area contributed by atoms with Crippen LogP contribution in [0, 0.1) is 20.8 Å². The van der Waals surface area contributed by atoms with Crippen molar-refractivity contribution in [1.29, 1.82) is 0 Å². The lowest BCUT2D eigenvalue weighted by Crippen LogP contribution is -2.32. The molecule has 0 radical (unpaired) electrons. The molecule has 2 aromatic rings. The van der Waals surface area contributed by atoms with E-state index in [0.29, 0.717) is 17.2 Å². The van der Waals surface area contributed by atoms with Crippen molar-refractivity contribution in [2.75, 3.05) is 5.32 Å². The van der Waals surface area contributed by atoms with Crippen LogP contribution in [0.15, 0.2) is 36.4 Å². The van der Waals surface area contributed by atoms with Crippen molar-refractivity contribution in [2.45, 2.75) is 40.2 Å². The molecular weight excluding hydrogens is 310 g/mol. The van der Waals surface area contributed by atoms with E-state index in [1.165, 1.54) is 5.56 Å². The lowest BCUT2D eigenvalue weighted by atomic mass is 10.1. The lowest BCUT2D eigenvalue weighted by Gasteiger charge is -2.18. The number of anilines is 1. The van der Waals surface area contributed by atoms with Gasteiger partial charge in [0.15, 0.2) is 6.10 Å². The van der Waals surface area contributed by atoms with Crippen molar-refractivity contribution >= 4 is 23.2 Å². The summed E-state index contributed by atoms with van der Waals surface area (Å²) in [5.74, 6) is 0.555. The van der Waals surface area contributed by atoms with Crippen LogP contribution in [-0.2, 0) is 4.79 Å². The van der Waals surface area contributed by atoms with Gasteiger partial charge in [-0.3, -0.25) is 4.79 Å². The molecule has 0 unspecified atom stereocenters. The Kier molecular flexibility index (Phi) is 5.67. The third kappa shape index (κ3) is 4.49. The number of carbonyl (C=O) groups excluding carboxylic acids is 1. The second-order valence-electron chi connectivity index (χ2n) is 5.71.